The first-order chi connectivity index (χ1) is 8.00. The number of aliphatic carboxylic acids is 1. The molecule has 0 aliphatic carbocycles. The smallest absolute Gasteiger partial charge is 0.377 e. The minimum absolute atomic E-state index is 0.0619. The van der Waals surface area contributed by atoms with Gasteiger partial charge in [0, 0.05) is 15.1 Å². The van der Waals surface area contributed by atoms with Crippen molar-refractivity contribution in [1.82, 2.24) is 0 Å². The van der Waals surface area contributed by atoms with E-state index >= 15 is 0 Å². The molecule has 0 aliphatic rings. The minimum Gasteiger partial charge on any atom is -0.475 e. The Morgan fingerprint density at radius 3 is 1.94 bits per heavy atom. The van der Waals surface area contributed by atoms with Crippen molar-refractivity contribution in [2.75, 3.05) is 0 Å². The Kier molecular flexibility index (Phi) is 11.2. The molecule has 0 saturated heterocycles. The third-order valence-electron chi connectivity index (χ3n) is 1.32. The zero-order valence-corrected chi connectivity index (χ0v) is 12.6. The molecule has 0 aliphatic heterocycles. The highest BCUT2D eigenvalue weighted by Crippen LogP contribution is 2.19. The largest absolute Gasteiger partial charge is 0.475 e. The minimum atomic E-state index is -1.49. The molecule has 1 rings (SSSR count). The molecule has 5 heteroatoms. The number of ketones is 1. The molecule has 0 spiro atoms. The van der Waals surface area contributed by atoms with E-state index in [1.807, 2.05) is 27.7 Å². The molecule has 0 heterocycles. The summed E-state index contributed by atoms with van der Waals surface area (Å²) >= 11 is 8.72. The number of carbonyl (C=O) groups excluding carboxylic acids is 1. The number of halogens is 2. The maximum absolute atomic E-state index is 11.0. The maximum Gasteiger partial charge on any atom is 0.377 e. The Labute approximate surface area is 115 Å². The molecule has 96 valence electrons. The van der Waals surface area contributed by atoms with Crippen LogP contribution in [0, 0.1) is 0 Å². The second-order valence-electron chi connectivity index (χ2n) is 2.29. The molecule has 1 N–H and O–H groups in total. The van der Waals surface area contributed by atoms with Gasteiger partial charge >= 0.3 is 5.97 Å². The average Bonchev–Trinajstić information content (AvgIpc) is 2.32. The molecule has 0 atom stereocenters. The van der Waals surface area contributed by atoms with Gasteiger partial charge < -0.3 is 5.11 Å². The predicted molar refractivity (Wildman–Crippen MR) is 73.8 cm³/mol. The molecule has 1 aromatic rings. The third kappa shape index (κ3) is 7.13. The molecule has 0 saturated carbocycles. The van der Waals surface area contributed by atoms with E-state index in [-0.39, 0.29) is 5.56 Å². The van der Waals surface area contributed by atoms with Crippen LogP contribution in [-0.2, 0) is 4.79 Å². The molecule has 0 aromatic heterocycles. The Hall–Kier alpha value is -0.870. The highest BCUT2D eigenvalue weighted by Gasteiger charge is 2.15. The molecule has 0 unspecified atom stereocenters. The first kappa shape index (κ1) is 18.5. The number of carbonyl (C=O) groups is 2. The fourth-order valence-electron chi connectivity index (χ4n) is 0.808. The van der Waals surface area contributed by atoms with Crippen LogP contribution in [0.15, 0.2) is 22.7 Å². The van der Waals surface area contributed by atoms with Gasteiger partial charge in [-0.3, -0.25) is 4.79 Å². The lowest BCUT2D eigenvalue weighted by atomic mass is 10.1. The van der Waals surface area contributed by atoms with Crippen molar-refractivity contribution in [2.24, 2.45) is 0 Å². The van der Waals surface area contributed by atoms with E-state index in [2.05, 4.69) is 15.9 Å². The summed E-state index contributed by atoms with van der Waals surface area (Å²) in [5.74, 6) is -2.46. The van der Waals surface area contributed by atoms with Crippen molar-refractivity contribution in [2.45, 2.75) is 27.7 Å². The van der Waals surface area contributed by atoms with E-state index in [4.69, 9.17) is 16.7 Å². The first-order valence-corrected chi connectivity index (χ1v) is 6.41. The van der Waals surface area contributed by atoms with Crippen LogP contribution in [0.5, 0.6) is 0 Å². The van der Waals surface area contributed by atoms with Gasteiger partial charge in [-0.25, -0.2) is 4.79 Å². The van der Waals surface area contributed by atoms with E-state index in [9.17, 15) is 9.59 Å². The van der Waals surface area contributed by atoms with Gasteiger partial charge in [-0.1, -0.05) is 55.2 Å². The topological polar surface area (TPSA) is 54.4 Å². The summed E-state index contributed by atoms with van der Waals surface area (Å²) in [6, 6.07) is 4.28. The van der Waals surface area contributed by atoms with Gasteiger partial charge in [-0.15, -0.1) is 0 Å². The molecular formula is C12H16BrClO3. The van der Waals surface area contributed by atoms with Crippen LogP contribution in [0.4, 0.5) is 0 Å². The van der Waals surface area contributed by atoms with E-state index in [0.717, 1.165) is 0 Å². The lowest BCUT2D eigenvalue weighted by Gasteiger charge is -1.98. The molecule has 1 aromatic carbocycles. The molecule has 0 amide bonds. The lowest BCUT2D eigenvalue weighted by Crippen LogP contribution is -2.12. The van der Waals surface area contributed by atoms with Gasteiger partial charge in [0.25, 0.3) is 5.78 Å². The van der Waals surface area contributed by atoms with Crippen LogP contribution in [0.2, 0.25) is 5.02 Å². The highest BCUT2D eigenvalue weighted by molar-refractivity contribution is 9.10. The summed E-state index contributed by atoms with van der Waals surface area (Å²) in [5.41, 5.74) is 0.0619. The van der Waals surface area contributed by atoms with E-state index in [1.54, 1.807) is 6.07 Å². The van der Waals surface area contributed by atoms with Gasteiger partial charge in [-0.2, -0.15) is 0 Å². The summed E-state index contributed by atoms with van der Waals surface area (Å²) in [4.78, 5) is 21.3. The van der Waals surface area contributed by atoms with Crippen molar-refractivity contribution in [1.29, 1.82) is 0 Å². The first-order valence-electron chi connectivity index (χ1n) is 5.24. The van der Waals surface area contributed by atoms with Crippen LogP contribution in [-0.4, -0.2) is 16.9 Å². The number of rotatable bonds is 2. The van der Waals surface area contributed by atoms with Crippen molar-refractivity contribution >= 4 is 39.3 Å². The van der Waals surface area contributed by atoms with Gasteiger partial charge in [0.15, 0.2) is 0 Å². The fraction of sp³-hybridized carbons (Fsp3) is 0.333. The Balaban J connectivity index is 0. The van der Waals surface area contributed by atoms with Crippen LogP contribution in [0.25, 0.3) is 0 Å². The van der Waals surface area contributed by atoms with Crippen LogP contribution in [0.3, 0.4) is 0 Å². The standard InChI is InChI=1S/C8H4BrClO3.2C2H6/c9-5-1-4(2-6(10)3-5)7(11)8(12)13;2*1-2/h1-3H,(H,12,13);2*1-2H3. The Bertz CT molecular complexity index is 358. The summed E-state index contributed by atoms with van der Waals surface area (Å²) in [5, 5.41) is 8.73. The summed E-state index contributed by atoms with van der Waals surface area (Å²) < 4.78 is 0.574. The van der Waals surface area contributed by atoms with Crippen LogP contribution >= 0.6 is 27.5 Å². The van der Waals surface area contributed by atoms with Crippen LogP contribution in [0.1, 0.15) is 38.1 Å². The molecule has 3 nitrogen and oxygen atoms in total. The molecule has 0 fully saturated rings. The number of Topliss-reactive ketones (excluding diaryl/α,β-unsaturated/α-hetero) is 1. The monoisotopic (exact) mass is 322 g/mol. The van der Waals surface area contributed by atoms with Crippen molar-refractivity contribution in [3.63, 3.8) is 0 Å². The van der Waals surface area contributed by atoms with E-state index in [0.29, 0.717) is 9.50 Å². The van der Waals surface area contributed by atoms with E-state index in [1.165, 1.54) is 12.1 Å². The predicted octanol–water partition coefficient (Wildman–Crippen LogP) is 4.42. The molecule has 17 heavy (non-hydrogen) atoms. The quantitative estimate of drug-likeness (QED) is 0.647. The fourth-order valence-corrected chi connectivity index (χ4v) is 1.67. The summed E-state index contributed by atoms with van der Waals surface area (Å²) in [6.45, 7) is 8.00. The zero-order valence-electron chi connectivity index (χ0n) is 10.3. The maximum atomic E-state index is 11.0. The third-order valence-corrected chi connectivity index (χ3v) is 2.00. The zero-order chi connectivity index (χ0) is 14.0. The summed E-state index contributed by atoms with van der Waals surface area (Å²) in [6.07, 6.45) is 0. The van der Waals surface area contributed by atoms with Gasteiger partial charge in [0.1, 0.15) is 0 Å². The summed E-state index contributed by atoms with van der Waals surface area (Å²) in [7, 11) is 0. The van der Waals surface area contributed by atoms with Crippen molar-refractivity contribution < 1.29 is 14.7 Å². The van der Waals surface area contributed by atoms with Gasteiger partial charge in [0.2, 0.25) is 0 Å². The van der Waals surface area contributed by atoms with Crippen LogP contribution < -0.4 is 0 Å². The Morgan fingerprint density at radius 1 is 1.12 bits per heavy atom. The number of benzene rings is 1. The van der Waals surface area contributed by atoms with Crippen molar-refractivity contribution in [3.8, 4) is 0 Å². The van der Waals surface area contributed by atoms with E-state index < -0.39 is 11.8 Å². The second kappa shape index (κ2) is 10.3. The lowest BCUT2D eigenvalue weighted by molar-refractivity contribution is -0.131. The molecular weight excluding hydrogens is 307 g/mol. The number of hydrogen-bond acceptors (Lipinski definition) is 2. The van der Waals surface area contributed by atoms with Gasteiger partial charge in [-0.05, 0) is 18.2 Å². The highest BCUT2D eigenvalue weighted by atomic mass is 79.9. The SMILES string of the molecule is CC.CC.O=C(O)C(=O)c1cc(Cl)cc(Br)c1. The number of hydrogen-bond donors (Lipinski definition) is 1. The normalized spacial score (nSPS) is 8.12. The van der Waals surface area contributed by atoms with Gasteiger partial charge in [0.05, 0.1) is 0 Å². The average molecular weight is 324 g/mol. The second-order valence-corrected chi connectivity index (χ2v) is 3.64. The van der Waals surface area contributed by atoms with Crippen molar-refractivity contribution in [3.05, 3.63) is 33.3 Å². The molecule has 0 radical (unpaired) electrons. The molecule has 0 bridgehead atoms. The number of carboxylic acid groups (broad SMARTS) is 1. The number of carboxylic acids is 1. The Morgan fingerprint density at radius 2 is 1.59 bits per heavy atom.